The number of hydrogen-bond donors (Lipinski definition) is 1. The Balaban J connectivity index is 2.32. The van der Waals surface area contributed by atoms with Gasteiger partial charge in [0, 0.05) is 30.9 Å². The fourth-order valence-corrected chi connectivity index (χ4v) is 1.96. The number of carbonyl (C=O) groups excluding carboxylic acids is 1. The summed E-state index contributed by atoms with van der Waals surface area (Å²) in [6.07, 6.45) is 1.89. The van der Waals surface area contributed by atoms with E-state index in [1.807, 2.05) is 23.8 Å². The predicted octanol–water partition coefficient (Wildman–Crippen LogP) is 1.66. The maximum absolute atomic E-state index is 11.9. The predicted molar refractivity (Wildman–Crippen MR) is 72.8 cm³/mol. The second-order valence-corrected chi connectivity index (χ2v) is 4.61. The van der Waals surface area contributed by atoms with Crippen LogP contribution < -0.4 is 5.32 Å². The van der Waals surface area contributed by atoms with Crippen LogP contribution in [0.5, 0.6) is 0 Å². The molecule has 5 nitrogen and oxygen atoms in total. The molecule has 0 aliphatic heterocycles. The summed E-state index contributed by atoms with van der Waals surface area (Å²) in [7, 11) is 1.63. The van der Waals surface area contributed by atoms with E-state index < -0.39 is 0 Å². The van der Waals surface area contributed by atoms with E-state index in [0.29, 0.717) is 32.1 Å². The number of nitrogens with zero attached hydrogens (tertiary/aromatic N) is 1. The second kappa shape index (κ2) is 8.29. The fraction of sp³-hybridized carbons (Fsp3) is 0.583. The van der Waals surface area contributed by atoms with Crippen molar-refractivity contribution in [1.82, 2.24) is 9.88 Å². The number of methoxy groups -OCH3 is 1. The average Bonchev–Trinajstić information content (AvgIpc) is 2.74. The number of ether oxygens (including phenoxy) is 2. The van der Waals surface area contributed by atoms with Crippen LogP contribution in [0.3, 0.4) is 0 Å². The van der Waals surface area contributed by atoms with E-state index >= 15 is 0 Å². The monoisotopic (exact) mass is 318 g/mol. The summed E-state index contributed by atoms with van der Waals surface area (Å²) in [6.45, 7) is 4.86. The van der Waals surface area contributed by atoms with Gasteiger partial charge in [-0.15, -0.1) is 0 Å². The Morgan fingerprint density at radius 1 is 1.44 bits per heavy atom. The van der Waals surface area contributed by atoms with Gasteiger partial charge in [0.15, 0.2) is 0 Å². The van der Waals surface area contributed by atoms with Crippen LogP contribution >= 0.6 is 15.9 Å². The van der Waals surface area contributed by atoms with Gasteiger partial charge in [-0.25, -0.2) is 0 Å². The van der Waals surface area contributed by atoms with Crippen LogP contribution in [0.4, 0.5) is 0 Å². The lowest BCUT2D eigenvalue weighted by Gasteiger charge is -2.08. The maximum atomic E-state index is 11.9. The van der Waals surface area contributed by atoms with Crippen LogP contribution in [0.15, 0.2) is 16.7 Å². The maximum Gasteiger partial charge on any atom is 0.268 e. The molecule has 0 bridgehead atoms. The molecule has 1 rings (SSSR count). The molecule has 1 amide bonds. The third-order valence-electron chi connectivity index (χ3n) is 2.40. The number of carbonyl (C=O) groups is 1. The topological polar surface area (TPSA) is 52.5 Å². The lowest BCUT2D eigenvalue weighted by atomic mass is 10.4. The van der Waals surface area contributed by atoms with Crippen molar-refractivity contribution >= 4 is 21.8 Å². The molecule has 0 saturated heterocycles. The average molecular weight is 319 g/mol. The van der Waals surface area contributed by atoms with Gasteiger partial charge in [0.1, 0.15) is 5.69 Å². The van der Waals surface area contributed by atoms with Gasteiger partial charge in [-0.1, -0.05) is 0 Å². The highest BCUT2D eigenvalue weighted by molar-refractivity contribution is 9.10. The first-order valence-electron chi connectivity index (χ1n) is 5.89. The summed E-state index contributed by atoms with van der Waals surface area (Å²) in [5, 5.41) is 2.82. The van der Waals surface area contributed by atoms with E-state index in [4.69, 9.17) is 9.47 Å². The molecule has 1 heterocycles. The second-order valence-electron chi connectivity index (χ2n) is 3.69. The van der Waals surface area contributed by atoms with Crippen molar-refractivity contribution in [2.24, 2.45) is 0 Å². The molecule has 1 aromatic heterocycles. The first-order chi connectivity index (χ1) is 8.69. The molecule has 0 radical (unpaired) electrons. The molecule has 6 heteroatoms. The number of aromatic nitrogens is 1. The zero-order valence-corrected chi connectivity index (χ0v) is 12.3. The van der Waals surface area contributed by atoms with E-state index in [1.54, 1.807) is 7.11 Å². The van der Waals surface area contributed by atoms with Crippen LogP contribution in [0.2, 0.25) is 0 Å². The molecule has 1 aromatic rings. The van der Waals surface area contributed by atoms with Crippen molar-refractivity contribution in [3.8, 4) is 0 Å². The third kappa shape index (κ3) is 4.80. The van der Waals surface area contributed by atoms with Crippen molar-refractivity contribution in [2.45, 2.75) is 13.5 Å². The number of halogens is 1. The highest BCUT2D eigenvalue weighted by Gasteiger charge is 2.11. The minimum absolute atomic E-state index is 0.0853. The summed E-state index contributed by atoms with van der Waals surface area (Å²) in [6, 6.07) is 1.81. The molecule has 0 atom stereocenters. The number of nitrogens with one attached hydrogen (secondary N) is 1. The number of hydrogen-bond acceptors (Lipinski definition) is 3. The van der Waals surface area contributed by atoms with Crippen LogP contribution in [0, 0.1) is 0 Å². The standard InChI is InChI=1S/C12H19BrN2O3/c1-3-15-9-10(13)8-11(15)12(16)14-4-5-18-7-6-17-2/h8-9H,3-7H2,1-2H3,(H,14,16). The molecule has 0 saturated carbocycles. The molecule has 0 unspecified atom stereocenters. The van der Waals surface area contributed by atoms with Crippen LogP contribution in [0.1, 0.15) is 17.4 Å². The van der Waals surface area contributed by atoms with Crippen molar-refractivity contribution in [3.63, 3.8) is 0 Å². The quantitative estimate of drug-likeness (QED) is 0.742. The van der Waals surface area contributed by atoms with Gasteiger partial charge in [-0.2, -0.15) is 0 Å². The van der Waals surface area contributed by atoms with Gasteiger partial charge in [0.05, 0.1) is 19.8 Å². The zero-order chi connectivity index (χ0) is 13.4. The Bertz CT molecular complexity index is 379. The van der Waals surface area contributed by atoms with E-state index in [0.717, 1.165) is 11.0 Å². The largest absolute Gasteiger partial charge is 0.382 e. The molecular formula is C12H19BrN2O3. The molecule has 18 heavy (non-hydrogen) atoms. The SMILES string of the molecule is CCn1cc(Br)cc1C(=O)NCCOCCOC. The summed E-state index contributed by atoms with van der Waals surface area (Å²) >= 11 is 3.36. The van der Waals surface area contributed by atoms with Crippen molar-refractivity contribution in [1.29, 1.82) is 0 Å². The highest BCUT2D eigenvalue weighted by Crippen LogP contribution is 2.14. The number of aryl methyl sites for hydroxylation is 1. The highest BCUT2D eigenvalue weighted by atomic mass is 79.9. The van der Waals surface area contributed by atoms with Crippen LogP contribution in [-0.4, -0.2) is 43.9 Å². The van der Waals surface area contributed by atoms with Gasteiger partial charge in [0.2, 0.25) is 0 Å². The minimum atomic E-state index is -0.0853. The van der Waals surface area contributed by atoms with Crippen molar-refractivity contribution in [2.75, 3.05) is 33.5 Å². The first-order valence-corrected chi connectivity index (χ1v) is 6.69. The summed E-state index contributed by atoms with van der Waals surface area (Å²) in [5.74, 6) is -0.0853. The number of amides is 1. The summed E-state index contributed by atoms with van der Waals surface area (Å²) in [4.78, 5) is 11.9. The van der Waals surface area contributed by atoms with Gasteiger partial charge in [-0.05, 0) is 28.9 Å². The zero-order valence-electron chi connectivity index (χ0n) is 10.7. The Kier molecular flexibility index (Phi) is 7.00. The van der Waals surface area contributed by atoms with E-state index in [1.165, 1.54) is 0 Å². The Morgan fingerprint density at radius 3 is 2.89 bits per heavy atom. The van der Waals surface area contributed by atoms with Crippen LogP contribution in [-0.2, 0) is 16.0 Å². The normalized spacial score (nSPS) is 10.6. The van der Waals surface area contributed by atoms with Gasteiger partial charge >= 0.3 is 0 Å². The number of rotatable bonds is 8. The molecule has 0 spiro atoms. The Labute approximate surface area is 116 Å². The van der Waals surface area contributed by atoms with E-state index in [9.17, 15) is 4.79 Å². The molecule has 1 N–H and O–H groups in total. The van der Waals surface area contributed by atoms with Crippen molar-refractivity contribution < 1.29 is 14.3 Å². The molecule has 0 aliphatic carbocycles. The van der Waals surface area contributed by atoms with E-state index in [-0.39, 0.29) is 5.91 Å². The summed E-state index contributed by atoms with van der Waals surface area (Å²) < 4.78 is 12.9. The van der Waals surface area contributed by atoms with E-state index in [2.05, 4.69) is 21.2 Å². The Hall–Kier alpha value is -0.850. The first kappa shape index (κ1) is 15.2. The lowest BCUT2D eigenvalue weighted by molar-refractivity contribution is 0.0691. The smallest absolute Gasteiger partial charge is 0.268 e. The third-order valence-corrected chi connectivity index (χ3v) is 2.83. The molecule has 0 aromatic carbocycles. The molecule has 102 valence electrons. The van der Waals surface area contributed by atoms with Gasteiger partial charge in [-0.3, -0.25) is 4.79 Å². The molecule has 0 aliphatic rings. The summed E-state index contributed by atoms with van der Waals surface area (Å²) in [5.41, 5.74) is 0.654. The van der Waals surface area contributed by atoms with Crippen molar-refractivity contribution in [3.05, 3.63) is 22.4 Å². The minimum Gasteiger partial charge on any atom is -0.382 e. The molecule has 0 fully saturated rings. The van der Waals surface area contributed by atoms with Gasteiger partial charge < -0.3 is 19.4 Å². The Morgan fingerprint density at radius 2 is 2.22 bits per heavy atom. The lowest BCUT2D eigenvalue weighted by Crippen LogP contribution is -2.29. The van der Waals surface area contributed by atoms with Crippen LogP contribution in [0.25, 0.3) is 0 Å². The van der Waals surface area contributed by atoms with Gasteiger partial charge in [0.25, 0.3) is 5.91 Å². The fourth-order valence-electron chi connectivity index (χ4n) is 1.50. The molecular weight excluding hydrogens is 300 g/mol.